The van der Waals surface area contributed by atoms with Gasteiger partial charge >= 0.3 is 0 Å². The Hall–Kier alpha value is -3.42. The molecule has 0 atom stereocenters. The van der Waals surface area contributed by atoms with Gasteiger partial charge in [-0.2, -0.15) is 5.10 Å². The van der Waals surface area contributed by atoms with Crippen molar-refractivity contribution in [1.29, 1.82) is 0 Å². The second-order valence-corrected chi connectivity index (χ2v) is 10.2. The summed E-state index contributed by atoms with van der Waals surface area (Å²) in [5.74, 6) is 1.59. The van der Waals surface area contributed by atoms with Crippen LogP contribution in [-0.4, -0.2) is 32.0 Å². The van der Waals surface area contributed by atoms with E-state index in [1.54, 1.807) is 11.3 Å². The maximum absolute atomic E-state index is 6.20. The number of anilines is 1. The van der Waals surface area contributed by atoms with Gasteiger partial charge in [0, 0.05) is 44.7 Å². The summed E-state index contributed by atoms with van der Waals surface area (Å²) in [5.41, 5.74) is 6.71. The Morgan fingerprint density at radius 1 is 1.00 bits per heavy atom. The molecule has 170 valence electrons. The highest BCUT2D eigenvalue weighted by molar-refractivity contribution is 7.15. The summed E-state index contributed by atoms with van der Waals surface area (Å²) < 4.78 is 2.14. The molecule has 1 aliphatic heterocycles. The number of benzene rings is 2. The van der Waals surface area contributed by atoms with E-state index >= 15 is 0 Å². The third-order valence-electron chi connectivity index (χ3n) is 6.45. The predicted octanol–water partition coefficient (Wildman–Crippen LogP) is 6.20. The van der Waals surface area contributed by atoms with Crippen LogP contribution in [0, 0.1) is 20.8 Å². The van der Waals surface area contributed by atoms with E-state index in [1.807, 2.05) is 42.3 Å². The molecular weight excluding hydrogens is 464 g/mol. The first kappa shape index (κ1) is 21.1. The molecule has 4 heterocycles. The summed E-state index contributed by atoms with van der Waals surface area (Å²) in [5, 5.41) is 19.2. The minimum absolute atomic E-state index is 0.671. The number of nitrogens with one attached hydrogen (secondary N) is 1. The van der Waals surface area contributed by atoms with Gasteiger partial charge in [-0.1, -0.05) is 41.9 Å². The molecule has 8 heteroatoms. The Morgan fingerprint density at radius 2 is 1.79 bits per heavy atom. The Morgan fingerprint density at radius 3 is 2.62 bits per heavy atom. The van der Waals surface area contributed by atoms with E-state index in [2.05, 4.69) is 58.0 Å². The summed E-state index contributed by atoms with van der Waals surface area (Å²) in [6.07, 6.45) is 2.91. The summed E-state index contributed by atoms with van der Waals surface area (Å²) in [7, 11) is 0. The number of para-hydroxylation sites is 1. The molecule has 34 heavy (non-hydrogen) atoms. The van der Waals surface area contributed by atoms with Crippen LogP contribution in [0.2, 0.25) is 5.02 Å². The number of aromatic amines is 1. The third kappa shape index (κ3) is 3.35. The van der Waals surface area contributed by atoms with Gasteiger partial charge in [0.15, 0.2) is 0 Å². The van der Waals surface area contributed by atoms with Crippen LogP contribution in [0.15, 0.2) is 59.8 Å². The first-order chi connectivity index (χ1) is 16.5. The van der Waals surface area contributed by atoms with Crippen molar-refractivity contribution in [2.75, 3.05) is 11.6 Å². The number of rotatable bonds is 4. The number of aryl methyl sites for hydroxylation is 2. The molecule has 3 aromatic heterocycles. The molecule has 0 unspecified atom stereocenters. The van der Waals surface area contributed by atoms with Crippen LogP contribution >= 0.6 is 22.9 Å². The van der Waals surface area contributed by atoms with E-state index < -0.39 is 0 Å². The molecule has 0 amide bonds. The van der Waals surface area contributed by atoms with Crippen molar-refractivity contribution in [2.24, 2.45) is 5.10 Å². The predicted molar refractivity (Wildman–Crippen MR) is 140 cm³/mol. The fraction of sp³-hybridized carbons (Fsp3) is 0.192. The lowest BCUT2D eigenvalue weighted by molar-refractivity contribution is 0.783. The normalized spacial score (nSPS) is 13.1. The summed E-state index contributed by atoms with van der Waals surface area (Å²) in [6.45, 7) is 6.99. The zero-order valence-electron chi connectivity index (χ0n) is 19.1. The SMILES string of the molecule is Cc1sc2c(c1C)C(c1ccc(Cl)cc1)=NN(CCc1c[nH]c3ccccc13)c1nnc(C)n1-2. The Labute approximate surface area is 206 Å². The lowest BCUT2D eigenvalue weighted by atomic mass is 10.00. The maximum atomic E-state index is 6.20. The standard InChI is InChI=1S/C26H23ClN6S/c1-15-16(2)34-25-23(15)24(18-8-10-20(27)11-9-18)31-32(26-30-29-17(3)33(25)26)13-12-19-14-28-22-7-5-4-6-21(19)22/h4-11,14,28H,12-13H2,1-3H3. The first-order valence-electron chi connectivity index (χ1n) is 11.2. The van der Waals surface area contributed by atoms with Crippen LogP contribution in [0.25, 0.3) is 15.9 Å². The van der Waals surface area contributed by atoms with Crippen LogP contribution in [0.5, 0.6) is 0 Å². The quantitative estimate of drug-likeness (QED) is 0.329. The van der Waals surface area contributed by atoms with Crippen molar-refractivity contribution in [3.8, 4) is 5.00 Å². The Bertz CT molecular complexity index is 1560. The maximum Gasteiger partial charge on any atom is 0.253 e. The zero-order chi connectivity index (χ0) is 23.4. The number of hydrogen-bond acceptors (Lipinski definition) is 5. The molecule has 5 aromatic rings. The molecule has 2 aromatic carbocycles. The van der Waals surface area contributed by atoms with Gasteiger partial charge in [0.1, 0.15) is 16.5 Å². The van der Waals surface area contributed by atoms with Crippen LogP contribution in [0.4, 0.5) is 5.95 Å². The number of halogens is 1. The molecule has 6 rings (SSSR count). The van der Waals surface area contributed by atoms with Crippen molar-refractivity contribution in [3.63, 3.8) is 0 Å². The highest BCUT2D eigenvalue weighted by Gasteiger charge is 2.30. The molecule has 0 radical (unpaired) electrons. The van der Waals surface area contributed by atoms with Gasteiger partial charge in [-0.15, -0.1) is 21.5 Å². The molecule has 0 saturated carbocycles. The van der Waals surface area contributed by atoms with Crippen molar-refractivity contribution >= 4 is 45.5 Å². The van der Waals surface area contributed by atoms with Crippen molar-refractivity contribution in [2.45, 2.75) is 27.2 Å². The number of fused-ring (bicyclic) bond motifs is 4. The molecule has 0 spiro atoms. The number of hydrazone groups is 1. The topological polar surface area (TPSA) is 62.1 Å². The van der Waals surface area contributed by atoms with E-state index in [-0.39, 0.29) is 0 Å². The Kier molecular flexibility index (Phi) is 5.04. The van der Waals surface area contributed by atoms with Crippen LogP contribution < -0.4 is 5.01 Å². The minimum Gasteiger partial charge on any atom is -0.361 e. The smallest absolute Gasteiger partial charge is 0.253 e. The van der Waals surface area contributed by atoms with Crippen LogP contribution in [-0.2, 0) is 6.42 Å². The minimum atomic E-state index is 0.671. The summed E-state index contributed by atoms with van der Waals surface area (Å²) in [4.78, 5) is 4.64. The van der Waals surface area contributed by atoms with Crippen molar-refractivity contribution < 1.29 is 0 Å². The van der Waals surface area contributed by atoms with Gasteiger partial charge in [0.25, 0.3) is 5.95 Å². The van der Waals surface area contributed by atoms with E-state index in [4.69, 9.17) is 16.7 Å². The average molecular weight is 487 g/mol. The second-order valence-electron chi connectivity index (χ2n) is 8.53. The van der Waals surface area contributed by atoms with E-state index in [0.29, 0.717) is 11.6 Å². The monoisotopic (exact) mass is 486 g/mol. The van der Waals surface area contributed by atoms with Crippen LogP contribution in [0.3, 0.4) is 0 Å². The summed E-state index contributed by atoms with van der Waals surface area (Å²) in [6, 6.07) is 16.3. The van der Waals surface area contributed by atoms with E-state index in [9.17, 15) is 0 Å². The fourth-order valence-electron chi connectivity index (χ4n) is 4.54. The van der Waals surface area contributed by atoms with Gasteiger partial charge in [0.05, 0.1) is 0 Å². The highest BCUT2D eigenvalue weighted by atomic mass is 35.5. The van der Waals surface area contributed by atoms with Crippen molar-refractivity contribution in [1.82, 2.24) is 19.7 Å². The molecular formula is C26H23ClN6S. The Balaban J connectivity index is 1.49. The molecule has 0 fully saturated rings. The molecule has 1 N–H and O–H groups in total. The molecule has 0 aliphatic carbocycles. The third-order valence-corrected chi connectivity index (χ3v) is 7.90. The van der Waals surface area contributed by atoms with E-state index in [1.165, 1.54) is 21.4 Å². The fourth-order valence-corrected chi connectivity index (χ4v) is 5.87. The van der Waals surface area contributed by atoms with Gasteiger partial charge in [-0.05, 0) is 56.5 Å². The molecule has 0 saturated heterocycles. The van der Waals surface area contributed by atoms with Gasteiger partial charge in [-0.3, -0.25) is 4.57 Å². The van der Waals surface area contributed by atoms with Gasteiger partial charge in [-0.25, -0.2) is 5.01 Å². The average Bonchev–Trinajstić information content (AvgIpc) is 3.48. The van der Waals surface area contributed by atoms with Gasteiger partial charge in [0.2, 0.25) is 0 Å². The molecule has 0 bridgehead atoms. The number of thiophene rings is 1. The first-order valence-corrected chi connectivity index (χ1v) is 12.4. The number of hydrogen-bond donors (Lipinski definition) is 1. The number of nitrogens with zero attached hydrogens (tertiary/aromatic N) is 5. The lowest BCUT2D eigenvalue weighted by Gasteiger charge is -2.18. The van der Waals surface area contributed by atoms with Gasteiger partial charge < -0.3 is 4.98 Å². The largest absolute Gasteiger partial charge is 0.361 e. The molecule has 6 nitrogen and oxygen atoms in total. The van der Waals surface area contributed by atoms with E-state index in [0.717, 1.165) is 45.5 Å². The lowest BCUT2D eigenvalue weighted by Crippen LogP contribution is -2.23. The van der Waals surface area contributed by atoms with Crippen molar-refractivity contribution in [3.05, 3.63) is 92.7 Å². The summed E-state index contributed by atoms with van der Waals surface area (Å²) >= 11 is 7.96. The molecule has 1 aliphatic rings. The second kappa shape index (κ2) is 8.11. The number of aromatic nitrogens is 4. The number of H-pyrrole nitrogens is 1. The van der Waals surface area contributed by atoms with Crippen LogP contribution in [0.1, 0.15) is 33.0 Å². The highest BCUT2D eigenvalue weighted by Crippen LogP contribution is 2.38. The zero-order valence-corrected chi connectivity index (χ0v) is 20.7.